The van der Waals surface area contributed by atoms with Crippen molar-refractivity contribution >= 4 is 0 Å². The Labute approximate surface area is 69.3 Å². The van der Waals surface area contributed by atoms with Crippen molar-refractivity contribution in [1.82, 2.24) is 5.32 Å². The minimum atomic E-state index is 0.474. The molecular formula is C9H19NO. The third-order valence-corrected chi connectivity index (χ3v) is 2.44. The van der Waals surface area contributed by atoms with Gasteiger partial charge in [-0.05, 0) is 33.1 Å². The van der Waals surface area contributed by atoms with Crippen molar-refractivity contribution in [3.63, 3.8) is 0 Å². The number of rotatable bonds is 1. The van der Waals surface area contributed by atoms with Crippen LogP contribution in [0, 0.1) is 0 Å². The molecule has 2 nitrogen and oxygen atoms in total. The first kappa shape index (κ1) is 9.01. The van der Waals surface area contributed by atoms with E-state index in [4.69, 9.17) is 4.74 Å². The molecular weight excluding hydrogens is 138 g/mol. The van der Waals surface area contributed by atoms with E-state index in [-0.39, 0.29) is 0 Å². The van der Waals surface area contributed by atoms with Gasteiger partial charge in [0, 0.05) is 19.2 Å². The number of hydrogen-bond acceptors (Lipinski definition) is 2. The molecule has 1 aliphatic rings. The van der Waals surface area contributed by atoms with E-state index in [2.05, 4.69) is 19.2 Å². The molecule has 66 valence electrons. The molecule has 3 unspecified atom stereocenters. The molecule has 0 amide bonds. The Bertz CT molecular complexity index is 116. The van der Waals surface area contributed by atoms with Crippen LogP contribution in [0.1, 0.15) is 33.1 Å². The first-order valence-corrected chi connectivity index (χ1v) is 4.51. The second-order valence-electron chi connectivity index (χ2n) is 3.64. The van der Waals surface area contributed by atoms with Crippen LogP contribution >= 0.6 is 0 Å². The van der Waals surface area contributed by atoms with Crippen molar-refractivity contribution in [3.8, 4) is 0 Å². The molecule has 1 fully saturated rings. The molecule has 3 atom stereocenters. The van der Waals surface area contributed by atoms with Gasteiger partial charge >= 0.3 is 0 Å². The Morgan fingerprint density at radius 2 is 1.91 bits per heavy atom. The van der Waals surface area contributed by atoms with Gasteiger partial charge in [0.25, 0.3) is 0 Å². The van der Waals surface area contributed by atoms with Gasteiger partial charge in [0.05, 0.1) is 6.10 Å². The summed E-state index contributed by atoms with van der Waals surface area (Å²) in [6, 6.07) is 1.27. The van der Waals surface area contributed by atoms with Gasteiger partial charge in [0.15, 0.2) is 0 Å². The highest BCUT2D eigenvalue weighted by Crippen LogP contribution is 2.15. The second-order valence-corrected chi connectivity index (χ2v) is 3.64. The topological polar surface area (TPSA) is 21.3 Å². The van der Waals surface area contributed by atoms with Gasteiger partial charge in [-0.1, -0.05) is 0 Å². The summed E-state index contributed by atoms with van der Waals surface area (Å²) in [5.74, 6) is 0. The van der Waals surface area contributed by atoms with Gasteiger partial charge in [-0.3, -0.25) is 0 Å². The largest absolute Gasteiger partial charge is 0.381 e. The number of ether oxygens (including phenoxy) is 1. The molecule has 0 spiro atoms. The molecule has 0 aliphatic carbocycles. The maximum Gasteiger partial charge on any atom is 0.0586 e. The molecule has 0 radical (unpaired) electrons. The van der Waals surface area contributed by atoms with Crippen LogP contribution < -0.4 is 5.32 Å². The predicted octanol–water partition coefficient (Wildman–Crippen LogP) is 1.55. The van der Waals surface area contributed by atoms with Gasteiger partial charge in [0.1, 0.15) is 0 Å². The lowest BCUT2D eigenvalue weighted by Crippen LogP contribution is -2.33. The Morgan fingerprint density at radius 3 is 2.55 bits per heavy atom. The second kappa shape index (κ2) is 4.07. The fourth-order valence-corrected chi connectivity index (χ4v) is 1.80. The third-order valence-electron chi connectivity index (χ3n) is 2.44. The van der Waals surface area contributed by atoms with Crippen LogP contribution in [0.5, 0.6) is 0 Å². The van der Waals surface area contributed by atoms with Gasteiger partial charge in [-0.2, -0.15) is 0 Å². The highest BCUT2D eigenvalue weighted by molar-refractivity contribution is 4.77. The normalized spacial score (nSPS) is 40.1. The maximum atomic E-state index is 5.35. The van der Waals surface area contributed by atoms with Crippen molar-refractivity contribution in [2.45, 2.75) is 51.3 Å². The predicted molar refractivity (Wildman–Crippen MR) is 46.7 cm³/mol. The summed E-state index contributed by atoms with van der Waals surface area (Å²) in [6.45, 7) is 4.47. The molecule has 1 heterocycles. The zero-order chi connectivity index (χ0) is 8.27. The summed E-state index contributed by atoms with van der Waals surface area (Å²) in [7, 11) is 1.81. The van der Waals surface area contributed by atoms with E-state index in [9.17, 15) is 0 Å². The summed E-state index contributed by atoms with van der Waals surface area (Å²) in [6.07, 6.45) is 4.07. The zero-order valence-corrected chi connectivity index (χ0v) is 7.76. The Kier molecular flexibility index (Phi) is 3.34. The van der Waals surface area contributed by atoms with E-state index in [1.165, 1.54) is 12.8 Å². The fourth-order valence-electron chi connectivity index (χ4n) is 1.80. The standard InChI is InChI=1S/C9H19NO/c1-7-4-5-9(11-3)6-8(2)10-7/h7-10H,4-6H2,1-3H3. The van der Waals surface area contributed by atoms with Crippen LogP contribution in [0.15, 0.2) is 0 Å². The summed E-state index contributed by atoms with van der Waals surface area (Å²) >= 11 is 0. The number of hydrogen-bond donors (Lipinski definition) is 1. The lowest BCUT2D eigenvalue weighted by atomic mass is 10.1. The van der Waals surface area contributed by atoms with Crippen molar-refractivity contribution in [2.75, 3.05) is 7.11 Å². The highest BCUT2D eigenvalue weighted by Gasteiger charge is 2.19. The summed E-state index contributed by atoms with van der Waals surface area (Å²) < 4.78 is 5.35. The third kappa shape index (κ3) is 2.80. The van der Waals surface area contributed by atoms with Crippen LogP contribution in [0.2, 0.25) is 0 Å². The van der Waals surface area contributed by atoms with Crippen LogP contribution in [-0.2, 0) is 4.74 Å². The van der Waals surface area contributed by atoms with Gasteiger partial charge in [0.2, 0.25) is 0 Å². The van der Waals surface area contributed by atoms with E-state index in [0.717, 1.165) is 6.42 Å². The Balaban J connectivity index is 2.39. The van der Waals surface area contributed by atoms with Crippen molar-refractivity contribution in [1.29, 1.82) is 0 Å². The van der Waals surface area contributed by atoms with Crippen LogP contribution in [-0.4, -0.2) is 25.3 Å². The molecule has 0 bridgehead atoms. The minimum absolute atomic E-state index is 0.474. The molecule has 2 heteroatoms. The van der Waals surface area contributed by atoms with Crippen molar-refractivity contribution in [3.05, 3.63) is 0 Å². The smallest absolute Gasteiger partial charge is 0.0586 e. The Hall–Kier alpha value is -0.0800. The SMILES string of the molecule is COC1CCC(C)NC(C)C1. The zero-order valence-electron chi connectivity index (χ0n) is 7.76. The average molecular weight is 157 g/mol. The van der Waals surface area contributed by atoms with Crippen molar-refractivity contribution in [2.24, 2.45) is 0 Å². The van der Waals surface area contributed by atoms with E-state index in [1.54, 1.807) is 0 Å². The lowest BCUT2D eigenvalue weighted by Gasteiger charge is -2.16. The molecule has 1 saturated heterocycles. The first-order valence-electron chi connectivity index (χ1n) is 4.51. The van der Waals surface area contributed by atoms with E-state index < -0.39 is 0 Å². The Morgan fingerprint density at radius 1 is 1.18 bits per heavy atom. The van der Waals surface area contributed by atoms with Gasteiger partial charge < -0.3 is 10.1 Å². The van der Waals surface area contributed by atoms with Crippen molar-refractivity contribution < 1.29 is 4.74 Å². The molecule has 0 aromatic carbocycles. The molecule has 0 aromatic heterocycles. The van der Waals surface area contributed by atoms with Crippen LogP contribution in [0.4, 0.5) is 0 Å². The van der Waals surface area contributed by atoms with E-state index >= 15 is 0 Å². The van der Waals surface area contributed by atoms with E-state index in [1.807, 2.05) is 7.11 Å². The average Bonchev–Trinajstić information content (AvgIpc) is 2.11. The fraction of sp³-hybridized carbons (Fsp3) is 1.00. The number of methoxy groups -OCH3 is 1. The monoisotopic (exact) mass is 157 g/mol. The molecule has 1 aliphatic heterocycles. The molecule has 11 heavy (non-hydrogen) atoms. The quantitative estimate of drug-likeness (QED) is 0.623. The molecule has 0 saturated carbocycles. The lowest BCUT2D eigenvalue weighted by molar-refractivity contribution is 0.0865. The van der Waals surface area contributed by atoms with Gasteiger partial charge in [-0.25, -0.2) is 0 Å². The summed E-state index contributed by atoms with van der Waals surface area (Å²) in [4.78, 5) is 0. The minimum Gasteiger partial charge on any atom is -0.381 e. The summed E-state index contributed by atoms with van der Waals surface area (Å²) in [5.41, 5.74) is 0. The maximum absolute atomic E-state index is 5.35. The van der Waals surface area contributed by atoms with Gasteiger partial charge in [-0.15, -0.1) is 0 Å². The highest BCUT2D eigenvalue weighted by atomic mass is 16.5. The molecule has 0 aromatic rings. The summed E-state index contributed by atoms with van der Waals surface area (Å²) in [5, 5.41) is 3.53. The van der Waals surface area contributed by atoms with Crippen LogP contribution in [0.25, 0.3) is 0 Å². The molecule has 1 rings (SSSR count). The van der Waals surface area contributed by atoms with Crippen LogP contribution in [0.3, 0.4) is 0 Å². The number of nitrogens with one attached hydrogen (secondary N) is 1. The first-order chi connectivity index (χ1) is 5.22. The van der Waals surface area contributed by atoms with E-state index in [0.29, 0.717) is 18.2 Å². The molecule has 1 N–H and O–H groups in total.